The summed E-state index contributed by atoms with van der Waals surface area (Å²) in [5.74, 6) is -0.149. The number of alkyl halides is 3. The summed E-state index contributed by atoms with van der Waals surface area (Å²) in [5.41, 5.74) is -0.736. The molecule has 1 aromatic rings. The molecule has 0 saturated carbocycles. The summed E-state index contributed by atoms with van der Waals surface area (Å²) in [6.45, 7) is 6.02. The summed E-state index contributed by atoms with van der Waals surface area (Å²) in [6, 6.07) is 4.13. The Labute approximate surface area is 169 Å². The SMILES string of the molecule is CCCCC(CC)CNC(=O)C(CSc1cccc(C(F)(F)F)c1)NC(C)=O. The molecule has 0 fully saturated rings. The van der Waals surface area contributed by atoms with Gasteiger partial charge in [0, 0.05) is 24.1 Å². The van der Waals surface area contributed by atoms with E-state index in [0.29, 0.717) is 17.4 Å². The first-order valence-electron chi connectivity index (χ1n) is 9.52. The van der Waals surface area contributed by atoms with Gasteiger partial charge in [0.15, 0.2) is 0 Å². The second-order valence-electron chi connectivity index (χ2n) is 6.75. The van der Waals surface area contributed by atoms with E-state index in [1.807, 2.05) is 0 Å². The van der Waals surface area contributed by atoms with Crippen LogP contribution in [-0.4, -0.2) is 30.2 Å². The van der Waals surface area contributed by atoms with Crippen molar-refractivity contribution in [2.24, 2.45) is 5.92 Å². The highest BCUT2D eigenvalue weighted by Crippen LogP contribution is 2.32. The normalized spacial score (nSPS) is 13.6. The molecule has 0 aliphatic rings. The first-order valence-corrected chi connectivity index (χ1v) is 10.5. The summed E-state index contributed by atoms with van der Waals surface area (Å²) >= 11 is 1.11. The minimum Gasteiger partial charge on any atom is -0.354 e. The van der Waals surface area contributed by atoms with Gasteiger partial charge in [0.2, 0.25) is 11.8 Å². The second kappa shape index (κ2) is 12.0. The Morgan fingerprint density at radius 2 is 1.93 bits per heavy atom. The highest BCUT2D eigenvalue weighted by molar-refractivity contribution is 7.99. The fourth-order valence-electron chi connectivity index (χ4n) is 2.68. The third-order valence-corrected chi connectivity index (χ3v) is 5.47. The lowest BCUT2D eigenvalue weighted by Crippen LogP contribution is -2.48. The molecule has 8 heteroatoms. The van der Waals surface area contributed by atoms with Crippen LogP contribution in [0.4, 0.5) is 13.2 Å². The van der Waals surface area contributed by atoms with E-state index in [4.69, 9.17) is 0 Å². The third-order valence-electron chi connectivity index (χ3n) is 4.38. The van der Waals surface area contributed by atoms with Crippen LogP contribution in [0.15, 0.2) is 29.2 Å². The standard InChI is InChI=1S/C20H29F3N2O2S/c1-4-6-8-15(5-2)12-24-19(27)18(25-14(3)26)13-28-17-10-7-9-16(11-17)20(21,22)23/h7,9-11,15,18H,4-6,8,12-13H2,1-3H3,(H,24,27)(H,25,26). The van der Waals surface area contributed by atoms with E-state index in [2.05, 4.69) is 24.5 Å². The maximum atomic E-state index is 12.8. The number of benzene rings is 1. The fourth-order valence-corrected chi connectivity index (χ4v) is 3.66. The third kappa shape index (κ3) is 8.99. The molecular weight excluding hydrogens is 389 g/mol. The van der Waals surface area contributed by atoms with Crippen LogP contribution >= 0.6 is 11.8 Å². The van der Waals surface area contributed by atoms with Crippen LogP contribution < -0.4 is 10.6 Å². The van der Waals surface area contributed by atoms with Gasteiger partial charge in [-0.1, -0.05) is 39.2 Å². The Morgan fingerprint density at radius 3 is 2.50 bits per heavy atom. The number of hydrogen-bond acceptors (Lipinski definition) is 3. The van der Waals surface area contributed by atoms with E-state index >= 15 is 0 Å². The summed E-state index contributed by atoms with van der Waals surface area (Å²) in [5, 5.41) is 5.46. The van der Waals surface area contributed by atoms with Gasteiger partial charge in [0.25, 0.3) is 0 Å². The molecule has 0 bridgehead atoms. The van der Waals surface area contributed by atoms with Crippen molar-refractivity contribution in [3.05, 3.63) is 29.8 Å². The average molecular weight is 419 g/mol. The van der Waals surface area contributed by atoms with E-state index in [0.717, 1.165) is 49.6 Å². The van der Waals surface area contributed by atoms with Crippen LogP contribution in [0.5, 0.6) is 0 Å². The van der Waals surface area contributed by atoms with Gasteiger partial charge in [0.05, 0.1) is 5.56 Å². The largest absolute Gasteiger partial charge is 0.416 e. The topological polar surface area (TPSA) is 58.2 Å². The monoisotopic (exact) mass is 418 g/mol. The summed E-state index contributed by atoms with van der Waals surface area (Å²) < 4.78 is 38.5. The highest BCUT2D eigenvalue weighted by Gasteiger charge is 2.30. The van der Waals surface area contributed by atoms with E-state index < -0.39 is 17.8 Å². The molecule has 1 rings (SSSR count). The van der Waals surface area contributed by atoms with Gasteiger partial charge < -0.3 is 10.6 Å². The Balaban J connectivity index is 2.70. The summed E-state index contributed by atoms with van der Waals surface area (Å²) in [4.78, 5) is 24.3. The van der Waals surface area contributed by atoms with Crippen LogP contribution in [0.2, 0.25) is 0 Å². The number of halogens is 3. The second-order valence-corrected chi connectivity index (χ2v) is 7.84. The zero-order chi connectivity index (χ0) is 21.2. The van der Waals surface area contributed by atoms with Crippen LogP contribution in [0, 0.1) is 5.92 Å². The predicted octanol–water partition coefficient (Wildman–Crippen LogP) is 4.63. The Morgan fingerprint density at radius 1 is 1.21 bits per heavy atom. The molecule has 0 spiro atoms. The lowest BCUT2D eigenvalue weighted by molar-refractivity contribution is -0.137. The zero-order valence-corrected chi connectivity index (χ0v) is 17.4. The predicted molar refractivity (Wildman–Crippen MR) is 106 cm³/mol. The quantitative estimate of drug-likeness (QED) is 0.515. The van der Waals surface area contributed by atoms with Crippen molar-refractivity contribution in [3.8, 4) is 0 Å². The molecule has 0 saturated heterocycles. The number of rotatable bonds is 11. The van der Waals surface area contributed by atoms with Crippen LogP contribution in [-0.2, 0) is 15.8 Å². The van der Waals surface area contributed by atoms with Crippen LogP contribution in [0.3, 0.4) is 0 Å². The number of nitrogens with one attached hydrogen (secondary N) is 2. The number of carbonyl (C=O) groups is 2. The molecule has 158 valence electrons. The van der Waals surface area contributed by atoms with E-state index in [9.17, 15) is 22.8 Å². The number of unbranched alkanes of at least 4 members (excludes halogenated alkanes) is 1. The summed E-state index contributed by atoms with van der Waals surface area (Å²) in [7, 11) is 0. The van der Waals surface area contributed by atoms with Gasteiger partial charge in [-0.2, -0.15) is 13.2 Å². The first kappa shape index (κ1) is 24.3. The maximum absolute atomic E-state index is 12.8. The first-order chi connectivity index (χ1) is 13.2. The molecule has 2 N–H and O–H groups in total. The highest BCUT2D eigenvalue weighted by atomic mass is 32.2. The smallest absolute Gasteiger partial charge is 0.354 e. The van der Waals surface area contributed by atoms with Crippen LogP contribution in [0.25, 0.3) is 0 Å². The van der Waals surface area contributed by atoms with Gasteiger partial charge in [-0.15, -0.1) is 11.8 Å². The van der Waals surface area contributed by atoms with E-state index in [-0.39, 0.29) is 17.6 Å². The van der Waals surface area contributed by atoms with E-state index in [1.54, 1.807) is 6.07 Å². The fraction of sp³-hybridized carbons (Fsp3) is 0.600. The van der Waals surface area contributed by atoms with E-state index in [1.165, 1.54) is 13.0 Å². The molecule has 0 heterocycles. The number of carbonyl (C=O) groups excluding carboxylic acids is 2. The minimum absolute atomic E-state index is 0.151. The lowest BCUT2D eigenvalue weighted by atomic mass is 9.99. The molecule has 0 radical (unpaired) electrons. The van der Waals surface area contributed by atoms with Crippen molar-refractivity contribution in [2.75, 3.05) is 12.3 Å². The molecule has 1 aromatic carbocycles. The minimum atomic E-state index is -4.42. The van der Waals surface area contributed by atoms with Gasteiger partial charge in [-0.25, -0.2) is 0 Å². The maximum Gasteiger partial charge on any atom is 0.416 e. The zero-order valence-electron chi connectivity index (χ0n) is 16.6. The van der Waals surface area contributed by atoms with Crippen molar-refractivity contribution >= 4 is 23.6 Å². The Hall–Kier alpha value is -1.70. The van der Waals surface area contributed by atoms with Gasteiger partial charge in [-0.05, 0) is 30.5 Å². The Bertz CT molecular complexity index is 638. The number of amides is 2. The molecule has 2 unspecified atom stereocenters. The number of hydrogen-bond donors (Lipinski definition) is 2. The average Bonchev–Trinajstić information content (AvgIpc) is 2.64. The molecule has 4 nitrogen and oxygen atoms in total. The molecule has 0 aliphatic heterocycles. The van der Waals surface area contributed by atoms with Crippen molar-refractivity contribution in [1.82, 2.24) is 10.6 Å². The van der Waals surface area contributed by atoms with Gasteiger partial charge >= 0.3 is 6.18 Å². The van der Waals surface area contributed by atoms with Crippen LogP contribution in [0.1, 0.15) is 52.0 Å². The molecule has 2 amide bonds. The lowest BCUT2D eigenvalue weighted by Gasteiger charge is -2.20. The molecule has 0 aromatic heterocycles. The molecular formula is C20H29F3N2O2S. The summed E-state index contributed by atoms with van der Waals surface area (Å²) in [6.07, 6.45) is -0.263. The molecule has 0 aliphatic carbocycles. The van der Waals surface area contributed by atoms with Crippen molar-refractivity contribution in [1.29, 1.82) is 0 Å². The van der Waals surface area contributed by atoms with Gasteiger partial charge in [-0.3, -0.25) is 9.59 Å². The Kier molecular flexibility index (Phi) is 10.4. The van der Waals surface area contributed by atoms with Crippen molar-refractivity contribution in [2.45, 2.75) is 63.6 Å². The van der Waals surface area contributed by atoms with Gasteiger partial charge in [0.1, 0.15) is 6.04 Å². The molecule has 2 atom stereocenters. The molecule has 28 heavy (non-hydrogen) atoms. The van der Waals surface area contributed by atoms with Crippen molar-refractivity contribution < 1.29 is 22.8 Å². The van der Waals surface area contributed by atoms with Crippen molar-refractivity contribution in [3.63, 3.8) is 0 Å². The number of thioether (sulfide) groups is 1.